The highest BCUT2D eigenvalue weighted by Crippen LogP contribution is 2.40. The molecule has 35 heavy (non-hydrogen) atoms. The number of amidine groups is 1. The molecule has 1 aromatic heterocycles. The maximum absolute atomic E-state index is 14.5. The lowest BCUT2D eigenvalue weighted by Gasteiger charge is -2.17. The molecule has 1 saturated heterocycles. The van der Waals surface area contributed by atoms with Gasteiger partial charge < -0.3 is 14.5 Å². The van der Waals surface area contributed by atoms with E-state index in [2.05, 4.69) is 14.4 Å². The van der Waals surface area contributed by atoms with E-state index in [1.54, 1.807) is 0 Å². The van der Waals surface area contributed by atoms with Crippen LogP contribution < -0.4 is 4.74 Å². The normalized spacial score (nSPS) is 21.2. The van der Waals surface area contributed by atoms with Gasteiger partial charge >= 0.3 is 16.1 Å². The summed E-state index contributed by atoms with van der Waals surface area (Å²) in [7, 11) is -2.57. The molecule has 4 rings (SSSR count). The molecule has 0 radical (unpaired) electrons. The number of hydrogen-bond donors (Lipinski definition) is 0. The van der Waals surface area contributed by atoms with Crippen LogP contribution in [0.2, 0.25) is 0 Å². The summed E-state index contributed by atoms with van der Waals surface area (Å²) in [6, 6.07) is 4.30. The Morgan fingerprint density at radius 3 is 2.54 bits per heavy atom. The largest absolute Gasteiger partial charge is 0.495 e. The predicted molar refractivity (Wildman–Crippen MR) is 114 cm³/mol. The van der Waals surface area contributed by atoms with Crippen molar-refractivity contribution in [1.29, 1.82) is 0 Å². The fourth-order valence-corrected chi connectivity index (χ4v) is 4.12. The molecule has 186 valence electrons. The Labute approximate surface area is 196 Å². The predicted octanol–water partition coefficient (Wildman–Crippen LogP) is 3.81. The van der Waals surface area contributed by atoms with Gasteiger partial charge in [-0.25, -0.2) is 22.0 Å². The Hall–Kier alpha value is -3.47. The van der Waals surface area contributed by atoms with Gasteiger partial charge in [0.15, 0.2) is 12.0 Å². The van der Waals surface area contributed by atoms with Crippen LogP contribution in [0.25, 0.3) is 15.4 Å². The van der Waals surface area contributed by atoms with Crippen LogP contribution >= 0.6 is 0 Å². The third-order valence-electron chi connectivity index (χ3n) is 5.42. The molecule has 0 N–H and O–H groups in total. The number of ether oxygens (including phenoxy) is 1. The van der Waals surface area contributed by atoms with E-state index >= 15 is 0 Å². The van der Waals surface area contributed by atoms with Gasteiger partial charge in [-0.15, -0.1) is 8.42 Å². The maximum Gasteiger partial charge on any atom is 0.476 e. The number of aromatic nitrogens is 1. The van der Waals surface area contributed by atoms with E-state index in [4.69, 9.17) is 9.57 Å². The second-order valence-corrected chi connectivity index (χ2v) is 9.65. The Morgan fingerprint density at radius 2 is 1.91 bits per heavy atom. The van der Waals surface area contributed by atoms with Gasteiger partial charge in [-0.05, 0) is 6.07 Å². The lowest BCUT2D eigenvalue weighted by molar-refractivity contribution is -0.00611. The Kier molecular flexibility index (Phi) is 6.31. The SMILES string of the molecule is COc1cnc([C@@H]2CC(N3CC(C#[N+]S(C)(=O)=O)C(F)(F)C3)=NO2)c(-c2c(F)cc(F)cc2F)c1. The Bertz CT molecular complexity index is 1350. The van der Waals surface area contributed by atoms with Gasteiger partial charge in [0.2, 0.25) is 0 Å². The van der Waals surface area contributed by atoms with Crippen LogP contribution in [0.1, 0.15) is 18.2 Å². The van der Waals surface area contributed by atoms with E-state index in [1.807, 2.05) is 6.07 Å². The van der Waals surface area contributed by atoms with Crippen LogP contribution in [-0.2, 0) is 14.9 Å². The number of pyridine rings is 1. The highest BCUT2D eigenvalue weighted by Gasteiger charge is 2.53. The van der Waals surface area contributed by atoms with Crippen molar-refractivity contribution in [3.63, 3.8) is 0 Å². The van der Waals surface area contributed by atoms with Gasteiger partial charge in [-0.2, -0.15) is 0 Å². The third kappa shape index (κ3) is 5.14. The molecule has 2 aliphatic heterocycles. The molecular formula is C21H18F5N4O4S+. The molecule has 3 heterocycles. The molecule has 14 heteroatoms. The highest BCUT2D eigenvalue weighted by atomic mass is 32.2. The number of methoxy groups -OCH3 is 1. The lowest BCUT2D eigenvalue weighted by atomic mass is 9.98. The van der Waals surface area contributed by atoms with Crippen molar-refractivity contribution in [2.75, 3.05) is 26.5 Å². The summed E-state index contributed by atoms with van der Waals surface area (Å²) >= 11 is 0. The summed E-state index contributed by atoms with van der Waals surface area (Å²) in [5.74, 6) is -8.14. The number of sulfonamides is 1. The van der Waals surface area contributed by atoms with Crippen LogP contribution in [0.3, 0.4) is 0 Å². The average molecular weight is 517 g/mol. The van der Waals surface area contributed by atoms with Crippen LogP contribution in [0.5, 0.6) is 5.75 Å². The van der Waals surface area contributed by atoms with Gasteiger partial charge in [0.25, 0.3) is 5.92 Å². The van der Waals surface area contributed by atoms with E-state index in [0.717, 1.165) is 6.26 Å². The molecule has 0 spiro atoms. The van der Waals surface area contributed by atoms with E-state index in [0.29, 0.717) is 12.1 Å². The van der Waals surface area contributed by atoms with Crippen molar-refractivity contribution in [2.24, 2.45) is 11.1 Å². The molecule has 0 bridgehead atoms. The highest BCUT2D eigenvalue weighted by molar-refractivity contribution is 7.92. The molecule has 1 aromatic carbocycles. The first-order chi connectivity index (χ1) is 16.4. The number of benzene rings is 1. The van der Waals surface area contributed by atoms with Crippen molar-refractivity contribution in [3.05, 3.63) is 51.8 Å². The zero-order chi connectivity index (χ0) is 25.5. The van der Waals surface area contributed by atoms with Crippen molar-refractivity contribution in [3.8, 4) is 22.9 Å². The summed E-state index contributed by atoms with van der Waals surface area (Å²) < 4.78 is 102. The Morgan fingerprint density at radius 1 is 1.23 bits per heavy atom. The average Bonchev–Trinajstić information content (AvgIpc) is 3.35. The molecule has 0 saturated carbocycles. The minimum Gasteiger partial charge on any atom is -0.495 e. The van der Waals surface area contributed by atoms with E-state index in [-0.39, 0.29) is 35.8 Å². The minimum absolute atomic E-state index is 0.0293. The zero-order valence-corrected chi connectivity index (χ0v) is 19.1. The van der Waals surface area contributed by atoms with Gasteiger partial charge in [0.05, 0.1) is 41.8 Å². The van der Waals surface area contributed by atoms with Crippen LogP contribution in [0.4, 0.5) is 22.0 Å². The summed E-state index contributed by atoms with van der Waals surface area (Å²) in [5, 5.41) is 3.83. The number of nitrogens with zero attached hydrogens (tertiary/aromatic N) is 4. The maximum atomic E-state index is 14.5. The molecule has 0 aliphatic carbocycles. The smallest absolute Gasteiger partial charge is 0.476 e. The summed E-state index contributed by atoms with van der Waals surface area (Å²) in [6.07, 6.45) is 0.950. The number of rotatable bonds is 3. The third-order valence-corrected chi connectivity index (χ3v) is 5.85. The molecule has 2 aliphatic rings. The second kappa shape index (κ2) is 8.95. The Balaban J connectivity index is 1.61. The summed E-state index contributed by atoms with van der Waals surface area (Å²) in [6.45, 7) is -1.12. The van der Waals surface area contributed by atoms with Crippen molar-refractivity contribution >= 4 is 15.9 Å². The number of likely N-dealkylation sites (tertiary alicyclic amines) is 1. The topological polar surface area (TPSA) is 85.5 Å². The number of alkyl halides is 2. The first-order valence-electron chi connectivity index (χ1n) is 10.1. The van der Waals surface area contributed by atoms with E-state index < -0.39 is 57.5 Å². The van der Waals surface area contributed by atoms with Gasteiger partial charge in [-0.1, -0.05) is 5.16 Å². The zero-order valence-electron chi connectivity index (χ0n) is 18.3. The second-order valence-electron chi connectivity index (χ2n) is 8.01. The standard InChI is InChI=1S/C21H18F5N4O4S/c1-33-13-5-14(19-15(23)3-12(22)4-16(19)24)20(27-8-13)17-6-18(29-34-17)30-9-11(21(25,26)10-30)7-28-35(2,31)32/h3-5,8,11,17H,6,9-10H2,1-2H3/q+1/t11?,17-/m0/s1. The van der Waals surface area contributed by atoms with Crippen LogP contribution in [0.15, 0.2) is 29.6 Å². The monoisotopic (exact) mass is 517 g/mol. The molecular weight excluding hydrogens is 499 g/mol. The summed E-state index contributed by atoms with van der Waals surface area (Å²) in [4.78, 5) is 10.7. The first-order valence-corrected chi connectivity index (χ1v) is 11.9. The number of halogens is 5. The molecule has 0 amide bonds. The molecule has 1 unspecified atom stereocenters. The van der Waals surface area contributed by atoms with Crippen LogP contribution in [0, 0.1) is 29.4 Å². The van der Waals surface area contributed by atoms with Gasteiger partial charge in [0, 0.05) is 24.2 Å². The van der Waals surface area contributed by atoms with E-state index in [1.165, 1.54) is 24.3 Å². The quantitative estimate of drug-likeness (QED) is 0.576. The molecule has 1 fully saturated rings. The van der Waals surface area contributed by atoms with Crippen LogP contribution in [-0.4, -0.2) is 56.5 Å². The fourth-order valence-electron chi connectivity index (χ4n) is 3.80. The van der Waals surface area contributed by atoms with Gasteiger partial charge in [-0.3, -0.25) is 4.98 Å². The summed E-state index contributed by atoms with van der Waals surface area (Å²) in [5.41, 5.74) is -0.620. The molecule has 2 atom stereocenters. The molecule has 2 aromatic rings. The minimum atomic E-state index is -3.89. The first kappa shape index (κ1) is 24.6. The number of oxime groups is 1. The van der Waals surface area contributed by atoms with Gasteiger partial charge in [0.1, 0.15) is 35.3 Å². The molecule has 8 nitrogen and oxygen atoms in total. The fraction of sp³-hybridized carbons (Fsp3) is 0.381. The van der Waals surface area contributed by atoms with E-state index in [9.17, 15) is 30.4 Å². The van der Waals surface area contributed by atoms with Crippen molar-refractivity contribution < 1.29 is 39.9 Å². The van der Waals surface area contributed by atoms with Crippen molar-refractivity contribution in [2.45, 2.75) is 18.4 Å². The lowest BCUT2D eigenvalue weighted by Crippen LogP contribution is -2.31. The number of hydrogen-bond acceptors (Lipinski definition) is 7. The van der Waals surface area contributed by atoms with Crippen molar-refractivity contribution in [1.82, 2.24) is 9.88 Å².